The highest BCUT2D eigenvalue weighted by molar-refractivity contribution is 5.48. The van der Waals surface area contributed by atoms with E-state index in [0.29, 0.717) is 6.17 Å². The highest BCUT2D eigenvalue weighted by atomic mass is 15.3. The summed E-state index contributed by atoms with van der Waals surface area (Å²) in [6, 6.07) is 3.91. The van der Waals surface area contributed by atoms with Gasteiger partial charge in [0.1, 0.15) is 17.7 Å². The van der Waals surface area contributed by atoms with Gasteiger partial charge in [-0.15, -0.1) is 0 Å². The largest absolute Gasteiger partial charge is 0.359 e. The molecule has 1 heterocycles. The Labute approximate surface area is 109 Å². The van der Waals surface area contributed by atoms with Crippen LogP contribution >= 0.6 is 0 Å². The second kappa shape index (κ2) is 6.23. The van der Waals surface area contributed by atoms with Crippen LogP contribution in [0.4, 0.5) is 0 Å². The first-order valence-electron chi connectivity index (χ1n) is 6.19. The molecule has 1 unspecified atom stereocenters. The third-order valence-electron chi connectivity index (χ3n) is 3.72. The van der Waals surface area contributed by atoms with E-state index in [9.17, 15) is 0 Å². The Balaban J connectivity index is 3.10. The molecule has 0 spiro atoms. The fraction of sp³-hybridized carbons (Fsp3) is 0.571. The Hall–Kier alpha value is -1.78. The van der Waals surface area contributed by atoms with Gasteiger partial charge in [0.2, 0.25) is 0 Å². The fourth-order valence-corrected chi connectivity index (χ4v) is 2.34. The molecular formula is C14H20N4. The zero-order valence-electron chi connectivity index (χ0n) is 11.5. The van der Waals surface area contributed by atoms with Gasteiger partial charge in [0.15, 0.2) is 0 Å². The van der Waals surface area contributed by atoms with Crippen LogP contribution in [-0.2, 0) is 0 Å². The minimum Gasteiger partial charge on any atom is -0.359 e. The molecule has 4 heteroatoms. The molecule has 0 aliphatic carbocycles. The number of nitrogens with zero attached hydrogens (tertiary/aromatic N) is 3. The molecule has 0 amide bonds. The third-order valence-corrected chi connectivity index (χ3v) is 3.72. The van der Waals surface area contributed by atoms with Gasteiger partial charge in [0.05, 0.1) is 6.17 Å². The van der Waals surface area contributed by atoms with Crippen LogP contribution in [0, 0.1) is 22.7 Å². The van der Waals surface area contributed by atoms with E-state index in [1.165, 1.54) is 6.42 Å². The summed E-state index contributed by atoms with van der Waals surface area (Å²) in [6.07, 6.45) is 2.66. The van der Waals surface area contributed by atoms with Crippen LogP contribution in [0.1, 0.15) is 33.6 Å². The molecule has 0 aromatic carbocycles. The van der Waals surface area contributed by atoms with Gasteiger partial charge in [-0.2, -0.15) is 10.5 Å². The van der Waals surface area contributed by atoms with E-state index >= 15 is 0 Å². The summed E-state index contributed by atoms with van der Waals surface area (Å²) >= 11 is 0. The molecular weight excluding hydrogens is 224 g/mol. The predicted octanol–water partition coefficient (Wildman–Crippen LogP) is 2.29. The summed E-state index contributed by atoms with van der Waals surface area (Å²) < 4.78 is 0. The molecule has 0 saturated carbocycles. The Morgan fingerprint density at radius 3 is 2.28 bits per heavy atom. The van der Waals surface area contributed by atoms with Gasteiger partial charge in [-0.05, 0) is 51.8 Å². The maximum absolute atomic E-state index is 8.91. The number of nitriles is 2. The van der Waals surface area contributed by atoms with E-state index < -0.39 is 0 Å². The first-order valence-corrected chi connectivity index (χ1v) is 6.19. The Bertz CT molecular complexity index is 443. The summed E-state index contributed by atoms with van der Waals surface area (Å²) in [7, 11) is 1.96. The van der Waals surface area contributed by atoms with E-state index in [1.54, 1.807) is 0 Å². The molecule has 0 radical (unpaired) electrons. The van der Waals surface area contributed by atoms with Crippen LogP contribution in [-0.4, -0.2) is 24.7 Å². The van der Waals surface area contributed by atoms with Gasteiger partial charge in [-0.3, -0.25) is 0 Å². The number of nitrogens with one attached hydrogen (secondary N) is 1. The van der Waals surface area contributed by atoms with Crippen molar-refractivity contribution in [2.75, 3.05) is 13.6 Å². The van der Waals surface area contributed by atoms with Crippen molar-refractivity contribution < 1.29 is 0 Å². The molecule has 96 valence electrons. The topological polar surface area (TPSA) is 62.9 Å². The van der Waals surface area contributed by atoms with Crippen molar-refractivity contribution in [1.82, 2.24) is 10.2 Å². The molecule has 1 fully saturated rings. The lowest BCUT2D eigenvalue weighted by molar-refractivity contribution is 0.286. The van der Waals surface area contributed by atoms with E-state index in [-0.39, 0.29) is 5.57 Å². The summed E-state index contributed by atoms with van der Waals surface area (Å²) in [5.41, 5.74) is 3.15. The molecule has 0 aromatic heterocycles. The van der Waals surface area contributed by atoms with Gasteiger partial charge in [0, 0.05) is 12.2 Å². The van der Waals surface area contributed by atoms with E-state index in [1.807, 2.05) is 33.0 Å². The van der Waals surface area contributed by atoms with Gasteiger partial charge in [-0.25, -0.2) is 0 Å². The Morgan fingerprint density at radius 2 is 1.78 bits per heavy atom. The summed E-state index contributed by atoms with van der Waals surface area (Å²) in [4.78, 5) is 2.31. The van der Waals surface area contributed by atoms with Gasteiger partial charge < -0.3 is 10.2 Å². The smallest absolute Gasteiger partial charge is 0.132 e. The lowest BCUT2D eigenvalue weighted by atomic mass is 10.0. The van der Waals surface area contributed by atoms with Crippen LogP contribution < -0.4 is 5.32 Å². The molecule has 1 aliphatic heterocycles. The molecule has 4 nitrogen and oxygen atoms in total. The molecule has 1 N–H and O–H groups in total. The minimum atomic E-state index is 0.201. The third kappa shape index (κ3) is 2.72. The summed E-state index contributed by atoms with van der Waals surface area (Å²) in [6.45, 7) is 6.90. The van der Waals surface area contributed by atoms with Crippen molar-refractivity contribution >= 4 is 0 Å². The molecule has 1 atom stereocenters. The minimum absolute atomic E-state index is 0.201. The average Bonchev–Trinajstić information content (AvgIpc) is 2.86. The first kappa shape index (κ1) is 14.3. The first-order chi connectivity index (χ1) is 8.56. The average molecular weight is 244 g/mol. The maximum Gasteiger partial charge on any atom is 0.132 e. The normalized spacial score (nSPS) is 19.9. The summed E-state index contributed by atoms with van der Waals surface area (Å²) in [5, 5.41) is 21.1. The second-order valence-corrected chi connectivity index (χ2v) is 4.57. The molecule has 1 aliphatic rings. The number of rotatable bonds is 3. The quantitative estimate of drug-likeness (QED) is 0.611. The van der Waals surface area contributed by atoms with Crippen LogP contribution in [0.25, 0.3) is 0 Å². The summed E-state index contributed by atoms with van der Waals surface area (Å²) in [5.74, 6) is 0. The zero-order valence-corrected chi connectivity index (χ0v) is 11.5. The number of allylic oxidation sites excluding steroid dienone is 4. The SMILES string of the molecule is CNC1CCCN1/C(C)=C(\C)C(C)=C(C#N)C#N. The maximum atomic E-state index is 8.91. The molecule has 0 bridgehead atoms. The lowest BCUT2D eigenvalue weighted by Gasteiger charge is -2.28. The monoisotopic (exact) mass is 244 g/mol. The van der Waals surface area contributed by atoms with E-state index in [2.05, 4.69) is 17.1 Å². The molecule has 1 saturated heterocycles. The van der Waals surface area contributed by atoms with Crippen molar-refractivity contribution in [3.8, 4) is 12.1 Å². The van der Waals surface area contributed by atoms with Gasteiger partial charge in [0.25, 0.3) is 0 Å². The van der Waals surface area contributed by atoms with E-state index in [4.69, 9.17) is 10.5 Å². The van der Waals surface area contributed by atoms with Gasteiger partial charge >= 0.3 is 0 Å². The second-order valence-electron chi connectivity index (χ2n) is 4.57. The van der Waals surface area contributed by atoms with Crippen LogP contribution in [0.3, 0.4) is 0 Å². The van der Waals surface area contributed by atoms with Crippen molar-refractivity contribution in [1.29, 1.82) is 10.5 Å². The molecule has 18 heavy (non-hydrogen) atoms. The highest BCUT2D eigenvalue weighted by Gasteiger charge is 2.24. The highest BCUT2D eigenvalue weighted by Crippen LogP contribution is 2.25. The lowest BCUT2D eigenvalue weighted by Crippen LogP contribution is -2.38. The Kier molecular flexibility index (Phi) is 4.95. The van der Waals surface area contributed by atoms with Crippen LogP contribution in [0.2, 0.25) is 0 Å². The Morgan fingerprint density at radius 1 is 1.17 bits per heavy atom. The standard InChI is InChI=1S/C14H20N4/c1-10(11(2)13(8-15)9-16)12(3)18-7-5-6-14(18)17-4/h14,17H,5-7H2,1-4H3/b12-10+. The number of hydrogen-bond donors (Lipinski definition) is 1. The molecule has 0 aromatic rings. The number of likely N-dealkylation sites (tertiary alicyclic amines) is 1. The van der Waals surface area contributed by atoms with Crippen molar-refractivity contribution in [2.45, 2.75) is 39.8 Å². The van der Waals surface area contributed by atoms with Crippen molar-refractivity contribution in [3.05, 3.63) is 22.4 Å². The van der Waals surface area contributed by atoms with Crippen molar-refractivity contribution in [2.24, 2.45) is 0 Å². The van der Waals surface area contributed by atoms with Crippen molar-refractivity contribution in [3.63, 3.8) is 0 Å². The van der Waals surface area contributed by atoms with E-state index in [0.717, 1.165) is 29.8 Å². The fourth-order valence-electron chi connectivity index (χ4n) is 2.34. The predicted molar refractivity (Wildman–Crippen MR) is 71.1 cm³/mol. The van der Waals surface area contributed by atoms with Gasteiger partial charge in [-0.1, -0.05) is 0 Å². The van der Waals surface area contributed by atoms with Crippen LogP contribution in [0.15, 0.2) is 22.4 Å². The van der Waals surface area contributed by atoms with Crippen LogP contribution in [0.5, 0.6) is 0 Å². The number of hydrogen-bond acceptors (Lipinski definition) is 4. The zero-order chi connectivity index (χ0) is 13.7. The molecule has 1 rings (SSSR count).